The second-order valence-corrected chi connectivity index (χ2v) is 6.43. The summed E-state index contributed by atoms with van der Waals surface area (Å²) in [6.45, 7) is 3.63. The van der Waals surface area contributed by atoms with Crippen LogP contribution in [0.4, 0.5) is 4.39 Å². The fourth-order valence-electron chi connectivity index (χ4n) is 2.41. The quantitative estimate of drug-likeness (QED) is 0.645. The maximum absolute atomic E-state index is 13.7. The summed E-state index contributed by atoms with van der Waals surface area (Å²) in [5.74, 6) is 0.771. The summed E-state index contributed by atoms with van der Waals surface area (Å²) in [5.41, 5.74) is 3.83. The minimum atomic E-state index is -0.103. The second-order valence-electron chi connectivity index (χ2n) is 5.32. The van der Waals surface area contributed by atoms with E-state index in [9.17, 15) is 4.39 Å². The zero-order valence-corrected chi connectivity index (χ0v) is 14.2. The van der Waals surface area contributed by atoms with Crippen molar-refractivity contribution < 1.29 is 9.13 Å². The van der Waals surface area contributed by atoms with Gasteiger partial charge in [-0.05, 0) is 61.1 Å². The normalized spacial score (nSPS) is 12.2. The second kappa shape index (κ2) is 7.08. The van der Waals surface area contributed by atoms with Crippen LogP contribution in [0.5, 0.6) is 5.75 Å². The summed E-state index contributed by atoms with van der Waals surface area (Å²) in [6.07, 6.45) is 1.94. The molecule has 0 heterocycles. The van der Waals surface area contributed by atoms with Crippen LogP contribution in [0, 0.1) is 19.7 Å². The number of alkyl halides is 1. The van der Waals surface area contributed by atoms with E-state index < -0.39 is 0 Å². The zero-order chi connectivity index (χ0) is 15.4. The van der Waals surface area contributed by atoms with Crippen molar-refractivity contribution in [2.24, 2.45) is 0 Å². The van der Waals surface area contributed by atoms with Gasteiger partial charge in [0.15, 0.2) is 0 Å². The lowest BCUT2D eigenvalue weighted by atomic mass is 10.00. The van der Waals surface area contributed by atoms with Gasteiger partial charge in [0.2, 0.25) is 0 Å². The topological polar surface area (TPSA) is 9.23 Å². The molecule has 0 bridgehead atoms. The van der Waals surface area contributed by atoms with E-state index in [-0.39, 0.29) is 10.6 Å². The van der Waals surface area contributed by atoms with Crippen LogP contribution in [0.15, 0.2) is 36.4 Å². The molecule has 2 aromatic carbocycles. The van der Waals surface area contributed by atoms with E-state index in [0.717, 1.165) is 24.2 Å². The van der Waals surface area contributed by atoms with Gasteiger partial charge >= 0.3 is 0 Å². The van der Waals surface area contributed by atoms with E-state index in [1.54, 1.807) is 7.11 Å². The average Bonchev–Trinajstić information content (AvgIpc) is 2.50. The summed E-state index contributed by atoms with van der Waals surface area (Å²) < 4.78 is 18.8. The number of benzene rings is 2. The molecule has 0 saturated carbocycles. The molecule has 0 radical (unpaired) electrons. The number of aryl methyl sites for hydroxylation is 3. The van der Waals surface area contributed by atoms with Crippen molar-refractivity contribution in [3.8, 4) is 5.75 Å². The van der Waals surface area contributed by atoms with Gasteiger partial charge in [0, 0.05) is 4.83 Å². The molecule has 0 fully saturated rings. The Balaban J connectivity index is 2.02. The lowest BCUT2D eigenvalue weighted by Gasteiger charge is -2.13. The first-order valence-electron chi connectivity index (χ1n) is 7.05. The Bertz CT molecular complexity index is 584. The number of halogens is 2. The van der Waals surface area contributed by atoms with Crippen LogP contribution < -0.4 is 4.74 Å². The smallest absolute Gasteiger partial charge is 0.129 e. The van der Waals surface area contributed by atoms with E-state index in [0.29, 0.717) is 11.1 Å². The molecule has 1 nitrogen and oxygen atoms in total. The molecule has 1 atom stereocenters. The fraction of sp³-hybridized carbons (Fsp3) is 0.333. The highest BCUT2D eigenvalue weighted by Gasteiger charge is 2.11. The summed E-state index contributed by atoms with van der Waals surface area (Å²) in [6, 6.07) is 12.0. The predicted molar refractivity (Wildman–Crippen MR) is 88.9 cm³/mol. The molecule has 2 aromatic rings. The molecule has 0 N–H and O–H groups in total. The molecule has 0 aliphatic rings. The molecule has 0 amide bonds. The molecule has 1 unspecified atom stereocenters. The number of rotatable bonds is 5. The van der Waals surface area contributed by atoms with E-state index in [4.69, 9.17) is 4.74 Å². The molecule has 21 heavy (non-hydrogen) atoms. The highest BCUT2D eigenvalue weighted by atomic mass is 79.9. The van der Waals surface area contributed by atoms with Crippen LogP contribution >= 0.6 is 15.9 Å². The first-order chi connectivity index (χ1) is 10.0. The van der Waals surface area contributed by atoms with Gasteiger partial charge in [-0.3, -0.25) is 0 Å². The summed E-state index contributed by atoms with van der Waals surface area (Å²) in [7, 11) is 1.67. The Kier molecular flexibility index (Phi) is 5.40. The molecular weight excluding hydrogens is 331 g/mol. The van der Waals surface area contributed by atoms with Gasteiger partial charge in [0.05, 0.1) is 7.11 Å². The molecule has 0 saturated heterocycles. The van der Waals surface area contributed by atoms with Crippen molar-refractivity contribution in [3.05, 3.63) is 64.5 Å². The molecular formula is C18H20BrFO. The highest BCUT2D eigenvalue weighted by Crippen LogP contribution is 2.30. The summed E-state index contributed by atoms with van der Waals surface area (Å²) in [4.78, 5) is 0.234. The van der Waals surface area contributed by atoms with Gasteiger partial charge in [-0.1, -0.05) is 40.2 Å². The van der Waals surface area contributed by atoms with E-state index in [1.165, 1.54) is 5.56 Å². The molecule has 112 valence electrons. The van der Waals surface area contributed by atoms with Crippen molar-refractivity contribution in [2.75, 3.05) is 7.11 Å². The maximum atomic E-state index is 13.7. The third-order valence-corrected chi connectivity index (χ3v) is 4.65. The Labute approximate surface area is 134 Å². The molecule has 0 spiro atoms. The largest absolute Gasteiger partial charge is 0.497 e. The van der Waals surface area contributed by atoms with Gasteiger partial charge in [0.25, 0.3) is 0 Å². The summed E-state index contributed by atoms with van der Waals surface area (Å²) in [5, 5.41) is 0. The van der Waals surface area contributed by atoms with Crippen LogP contribution in [-0.2, 0) is 6.42 Å². The van der Waals surface area contributed by atoms with Gasteiger partial charge in [-0.25, -0.2) is 4.39 Å². The molecule has 0 aliphatic carbocycles. The van der Waals surface area contributed by atoms with Crippen LogP contribution in [-0.4, -0.2) is 7.11 Å². The minimum absolute atomic E-state index is 0.103. The monoisotopic (exact) mass is 350 g/mol. The van der Waals surface area contributed by atoms with E-state index in [1.807, 2.05) is 38.1 Å². The Morgan fingerprint density at radius 2 is 1.67 bits per heavy atom. The molecule has 0 aliphatic heterocycles. The third-order valence-electron chi connectivity index (χ3n) is 3.67. The Morgan fingerprint density at radius 3 is 2.19 bits per heavy atom. The highest BCUT2D eigenvalue weighted by molar-refractivity contribution is 9.09. The third kappa shape index (κ3) is 4.07. The lowest BCUT2D eigenvalue weighted by molar-refractivity contribution is 0.414. The van der Waals surface area contributed by atoms with E-state index in [2.05, 4.69) is 28.1 Å². The Hall–Kier alpha value is -1.35. The predicted octanol–water partition coefficient (Wildman–Crippen LogP) is 5.52. The van der Waals surface area contributed by atoms with Crippen molar-refractivity contribution in [2.45, 2.75) is 31.5 Å². The Morgan fingerprint density at radius 1 is 1.10 bits per heavy atom. The van der Waals surface area contributed by atoms with E-state index >= 15 is 0 Å². The first kappa shape index (κ1) is 16.0. The summed E-state index contributed by atoms with van der Waals surface area (Å²) >= 11 is 3.72. The van der Waals surface area contributed by atoms with Crippen LogP contribution in [0.1, 0.15) is 33.5 Å². The number of hydrogen-bond donors (Lipinski definition) is 0. The van der Waals surface area contributed by atoms with Crippen LogP contribution in [0.2, 0.25) is 0 Å². The van der Waals surface area contributed by atoms with Crippen molar-refractivity contribution in [1.82, 2.24) is 0 Å². The zero-order valence-electron chi connectivity index (χ0n) is 12.6. The number of hydrogen-bond acceptors (Lipinski definition) is 1. The van der Waals surface area contributed by atoms with Crippen molar-refractivity contribution in [3.63, 3.8) is 0 Å². The number of ether oxygens (including phenoxy) is 1. The first-order valence-corrected chi connectivity index (χ1v) is 7.96. The standard InChI is InChI=1S/C18H20BrFO/c1-12-10-15(11-13(2)18(12)20)17(19)9-6-14-4-7-16(21-3)8-5-14/h4-5,7-8,10-11,17H,6,9H2,1-3H3. The van der Waals surface area contributed by atoms with Crippen molar-refractivity contribution in [1.29, 1.82) is 0 Å². The van der Waals surface area contributed by atoms with Crippen LogP contribution in [0.3, 0.4) is 0 Å². The fourth-order valence-corrected chi connectivity index (χ4v) is 2.91. The minimum Gasteiger partial charge on any atom is -0.497 e. The van der Waals surface area contributed by atoms with Gasteiger partial charge in [-0.2, -0.15) is 0 Å². The van der Waals surface area contributed by atoms with Crippen molar-refractivity contribution >= 4 is 15.9 Å². The SMILES string of the molecule is COc1ccc(CCC(Br)c2cc(C)c(F)c(C)c2)cc1. The maximum Gasteiger partial charge on any atom is 0.129 e. The molecule has 3 heteroatoms. The van der Waals surface area contributed by atoms with Gasteiger partial charge in [0.1, 0.15) is 11.6 Å². The van der Waals surface area contributed by atoms with Gasteiger partial charge in [-0.15, -0.1) is 0 Å². The lowest BCUT2D eigenvalue weighted by Crippen LogP contribution is -1.98. The average molecular weight is 351 g/mol. The van der Waals surface area contributed by atoms with Crippen LogP contribution in [0.25, 0.3) is 0 Å². The molecule has 2 rings (SSSR count). The number of methoxy groups -OCH3 is 1. The molecule has 0 aromatic heterocycles. The van der Waals surface area contributed by atoms with Gasteiger partial charge < -0.3 is 4.74 Å².